The number of carbonyl (C=O) groups excluding carboxylic acids is 2. The predicted molar refractivity (Wildman–Crippen MR) is 147 cm³/mol. The summed E-state index contributed by atoms with van der Waals surface area (Å²) in [6.07, 6.45) is 0.323. The minimum Gasteiger partial charge on any atom is -0.505 e. The third-order valence-electron chi connectivity index (χ3n) is 6.35. The van der Waals surface area contributed by atoms with Crippen LogP contribution >= 0.6 is 0 Å². The van der Waals surface area contributed by atoms with Gasteiger partial charge in [0.1, 0.15) is 17.4 Å². The number of phenols is 1. The van der Waals surface area contributed by atoms with Gasteiger partial charge in [-0.2, -0.15) is 0 Å². The SMILES string of the molecule is CCC(Nc1c(Nc2cccc(C(=O)N(C)C)c2O)c(=O)n(C)n(C)c1=O)C(=O)NC(C)c1ccccc1. The van der Waals surface area contributed by atoms with E-state index >= 15 is 0 Å². The molecule has 0 aliphatic heterocycles. The Bertz CT molecular complexity index is 1440. The van der Waals surface area contributed by atoms with Crippen LogP contribution in [0.5, 0.6) is 5.75 Å². The lowest BCUT2D eigenvalue weighted by atomic mass is 10.1. The van der Waals surface area contributed by atoms with Gasteiger partial charge in [-0.25, -0.2) is 9.36 Å². The summed E-state index contributed by atoms with van der Waals surface area (Å²) in [5, 5.41) is 19.5. The molecule has 0 saturated heterocycles. The summed E-state index contributed by atoms with van der Waals surface area (Å²) in [5.41, 5.74) is -0.429. The second-order valence-corrected chi connectivity index (χ2v) is 9.18. The highest BCUT2D eigenvalue weighted by Crippen LogP contribution is 2.31. The third-order valence-corrected chi connectivity index (χ3v) is 6.35. The zero-order valence-corrected chi connectivity index (χ0v) is 22.4. The summed E-state index contributed by atoms with van der Waals surface area (Å²) in [5.74, 6) is -1.16. The molecule has 0 aliphatic carbocycles. The molecule has 0 saturated carbocycles. The molecular weight excluding hydrogens is 488 g/mol. The van der Waals surface area contributed by atoms with E-state index in [9.17, 15) is 24.3 Å². The predicted octanol–water partition coefficient (Wildman–Crippen LogP) is 2.30. The highest BCUT2D eigenvalue weighted by molar-refractivity contribution is 5.99. The average Bonchev–Trinajstić information content (AvgIpc) is 2.91. The summed E-state index contributed by atoms with van der Waals surface area (Å²) in [6.45, 7) is 3.64. The van der Waals surface area contributed by atoms with Crippen LogP contribution in [-0.4, -0.2) is 51.3 Å². The number of hydrogen-bond donors (Lipinski definition) is 4. The van der Waals surface area contributed by atoms with E-state index in [1.165, 1.54) is 31.1 Å². The maximum atomic E-state index is 13.3. The number of aromatic hydroxyl groups is 1. The zero-order valence-electron chi connectivity index (χ0n) is 22.4. The first-order valence-electron chi connectivity index (χ1n) is 12.2. The van der Waals surface area contributed by atoms with Crippen molar-refractivity contribution in [1.82, 2.24) is 19.6 Å². The number of aromatic nitrogens is 2. The van der Waals surface area contributed by atoms with Crippen molar-refractivity contribution in [1.29, 1.82) is 0 Å². The number of nitrogens with one attached hydrogen (secondary N) is 3. The van der Waals surface area contributed by atoms with E-state index in [1.54, 1.807) is 27.1 Å². The van der Waals surface area contributed by atoms with E-state index in [0.29, 0.717) is 6.42 Å². The Morgan fingerprint density at radius 3 is 2.13 bits per heavy atom. The van der Waals surface area contributed by atoms with E-state index in [2.05, 4.69) is 16.0 Å². The highest BCUT2D eigenvalue weighted by atomic mass is 16.3. The van der Waals surface area contributed by atoms with Crippen molar-refractivity contribution in [3.8, 4) is 5.75 Å². The number of rotatable bonds is 9. The number of amides is 2. The quantitative estimate of drug-likeness (QED) is 0.317. The minimum absolute atomic E-state index is 0.0240. The summed E-state index contributed by atoms with van der Waals surface area (Å²) in [6, 6.07) is 12.8. The molecule has 0 radical (unpaired) electrons. The van der Waals surface area contributed by atoms with Gasteiger partial charge in [0.05, 0.1) is 17.3 Å². The molecule has 4 N–H and O–H groups in total. The van der Waals surface area contributed by atoms with Crippen LogP contribution in [0.3, 0.4) is 0 Å². The molecule has 1 heterocycles. The van der Waals surface area contributed by atoms with Gasteiger partial charge in [0.15, 0.2) is 5.75 Å². The number of benzene rings is 2. The van der Waals surface area contributed by atoms with Gasteiger partial charge in [0, 0.05) is 28.2 Å². The van der Waals surface area contributed by atoms with Crippen LogP contribution in [0.4, 0.5) is 17.1 Å². The minimum atomic E-state index is -0.836. The first-order valence-corrected chi connectivity index (χ1v) is 12.2. The Kier molecular flexibility index (Phi) is 8.61. The molecule has 2 amide bonds. The Morgan fingerprint density at radius 2 is 1.55 bits per heavy atom. The molecule has 2 aromatic carbocycles. The fourth-order valence-electron chi connectivity index (χ4n) is 3.92. The smallest absolute Gasteiger partial charge is 0.290 e. The summed E-state index contributed by atoms with van der Waals surface area (Å²) >= 11 is 0. The Hall–Kier alpha value is -4.54. The number of para-hydroxylation sites is 1. The third kappa shape index (κ3) is 5.72. The van der Waals surface area contributed by atoms with E-state index in [0.717, 1.165) is 14.9 Å². The van der Waals surface area contributed by atoms with Crippen molar-refractivity contribution >= 4 is 28.9 Å². The number of hydrogen-bond acceptors (Lipinski definition) is 7. The molecule has 11 nitrogen and oxygen atoms in total. The van der Waals surface area contributed by atoms with Gasteiger partial charge >= 0.3 is 0 Å². The van der Waals surface area contributed by atoms with E-state index < -0.39 is 23.1 Å². The standard InChI is InChI=1S/C27H34N6O5/c1-7-19(24(35)28-16(2)17-12-9-8-10-13-17)29-21-22(27(38)33(6)32(5)26(21)37)30-20-15-11-14-18(23(20)34)25(36)31(3)4/h8-16,19,29-30,34H,7H2,1-6H3,(H,28,35). The van der Waals surface area contributed by atoms with Gasteiger partial charge in [0.2, 0.25) is 5.91 Å². The van der Waals surface area contributed by atoms with Crippen molar-refractivity contribution in [2.75, 3.05) is 24.7 Å². The van der Waals surface area contributed by atoms with E-state index in [-0.39, 0.29) is 40.3 Å². The maximum Gasteiger partial charge on any atom is 0.290 e. The Morgan fingerprint density at radius 1 is 0.947 bits per heavy atom. The highest BCUT2D eigenvalue weighted by Gasteiger charge is 2.25. The summed E-state index contributed by atoms with van der Waals surface area (Å²) in [4.78, 5) is 53.4. The van der Waals surface area contributed by atoms with Crippen LogP contribution in [0, 0.1) is 0 Å². The Balaban J connectivity index is 2.00. The molecule has 1 aromatic heterocycles. The topological polar surface area (TPSA) is 138 Å². The van der Waals surface area contributed by atoms with Crippen LogP contribution in [0.1, 0.15) is 42.2 Å². The van der Waals surface area contributed by atoms with Crippen LogP contribution in [-0.2, 0) is 18.9 Å². The lowest BCUT2D eigenvalue weighted by molar-refractivity contribution is -0.122. The van der Waals surface area contributed by atoms with Gasteiger partial charge in [-0.15, -0.1) is 0 Å². The first kappa shape index (κ1) is 28.0. The lowest BCUT2D eigenvalue weighted by Crippen LogP contribution is -2.44. The van der Waals surface area contributed by atoms with Gasteiger partial charge < -0.3 is 26.0 Å². The molecular formula is C27H34N6O5. The van der Waals surface area contributed by atoms with Gasteiger partial charge in [0.25, 0.3) is 17.0 Å². The van der Waals surface area contributed by atoms with Crippen molar-refractivity contribution in [2.45, 2.75) is 32.4 Å². The second-order valence-electron chi connectivity index (χ2n) is 9.18. The monoisotopic (exact) mass is 522 g/mol. The van der Waals surface area contributed by atoms with Gasteiger partial charge in [-0.3, -0.25) is 19.2 Å². The molecule has 2 unspecified atom stereocenters. The summed E-state index contributed by atoms with van der Waals surface area (Å²) < 4.78 is 2.24. The lowest BCUT2D eigenvalue weighted by Gasteiger charge is -2.23. The molecule has 0 fully saturated rings. The number of nitrogens with zero attached hydrogens (tertiary/aromatic N) is 3. The van der Waals surface area contributed by atoms with Crippen molar-refractivity contribution in [3.63, 3.8) is 0 Å². The van der Waals surface area contributed by atoms with Crippen molar-refractivity contribution in [2.24, 2.45) is 14.1 Å². The van der Waals surface area contributed by atoms with E-state index in [1.807, 2.05) is 37.3 Å². The summed E-state index contributed by atoms with van der Waals surface area (Å²) in [7, 11) is 5.96. The normalized spacial score (nSPS) is 12.4. The molecule has 3 aromatic rings. The number of anilines is 3. The molecule has 2 atom stereocenters. The molecule has 0 spiro atoms. The molecule has 202 valence electrons. The molecule has 0 aliphatic rings. The van der Waals surface area contributed by atoms with Crippen LogP contribution < -0.4 is 27.1 Å². The fraction of sp³-hybridized carbons (Fsp3) is 0.333. The Labute approximate surface area is 220 Å². The molecule has 38 heavy (non-hydrogen) atoms. The average molecular weight is 523 g/mol. The molecule has 11 heteroatoms. The zero-order chi connectivity index (χ0) is 28.1. The van der Waals surface area contributed by atoms with Crippen LogP contribution in [0.2, 0.25) is 0 Å². The molecule has 0 bridgehead atoms. The van der Waals surface area contributed by atoms with Crippen molar-refractivity contribution < 1.29 is 14.7 Å². The number of phenolic OH excluding ortho intramolecular Hbond substituents is 1. The van der Waals surface area contributed by atoms with E-state index in [4.69, 9.17) is 0 Å². The second kappa shape index (κ2) is 11.7. The van der Waals surface area contributed by atoms with Gasteiger partial charge in [-0.1, -0.05) is 43.3 Å². The van der Waals surface area contributed by atoms with Crippen molar-refractivity contribution in [3.05, 3.63) is 80.4 Å². The van der Waals surface area contributed by atoms with Crippen LogP contribution in [0.25, 0.3) is 0 Å². The molecule has 3 rings (SSSR count). The number of carbonyl (C=O) groups is 2. The maximum absolute atomic E-state index is 13.3. The largest absolute Gasteiger partial charge is 0.505 e. The fourth-order valence-corrected chi connectivity index (χ4v) is 3.92. The van der Waals surface area contributed by atoms with Crippen LogP contribution in [0.15, 0.2) is 58.1 Å². The first-order chi connectivity index (χ1) is 18.0. The van der Waals surface area contributed by atoms with Gasteiger partial charge in [-0.05, 0) is 31.0 Å².